The van der Waals surface area contributed by atoms with Gasteiger partial charge in [-0.05, 0) is 23.6 Å². The van der Waals surface area contributed by atoms with Crippen molar-refractivity contribution in [3.05, 3.63) is 23.8 Å². The Bertz CT molecular complexity index is 415. The van der Waals surface area contributed by atoms with Gasteiger partial charge in [-0.1, -0.05) is 19.9 Å². The highest BCUT2D eigenvalue weighted by molar-refractivity contribution is 5.58. The van der Waals surface area contributed by atoms with Crippen LogP contribution in [0.1, 0.15) is 25.3 Å². The molecule has 0 unspecified atom stereocenters. The summed E-state index contributed by atoms with van der Waals surface area (Å²) in [4.78, 5) is 2.43. The molecule has 4 nitrogen and oxygen atoms in total. The van der Waals surface area contributed by atoms with Crippen LogP contribution in [0.3, 0.4) is 0 Å². The number of hydrogen-bond donors (Lipinski definition) is 1. The lowest BCUT2D eigenvalue weighted by molar-refractivity contribution is 0.0398. The third-order valence-electron chi connectivity index (χ3n) is 3.74. The Morgan fingerprint density at radius 1 is 1.30 bits per heavy atom. The molecule has 1 heterocycles. The minimum atomic E-state index is 0.528. The van der Waals surface area contributed by atoms with Crippen molar-refractivity contribution in [2.24, 2.45) is 0 Å². The fourth-order valence-electron chi connectivity index (χ4n) is 2.40. The molecular formula is C16H26N2O2. The minimum Gasteiger partial charge on any atom is -0.495 e. The zero-order valence-corrected chi connectivity index (χ0v) is 12.8. The van der Waals surface area contributed by atoms with Gasteiger partial charge in [0.2, 0.25) is 0 Å². The molecule has 20 heavy (non-hydrogen) atoms. The molecule has 1 aliphatic heterocycles. The summed E-state index contributed by atoms with van der Waals surface area (Å²) < 4.78 is 10.8. The van der Waals surface area contributed by atoms with Crippen LogP contribution in [-0.4, -0.2) is 51.4 Å². The van der Waals surface area contributed by atoms with Gasteiger partial charge in [-0.25, -0.2) is 0 Å². The van der Waals surface area contributed by atoms with Gasteiger partial charge in [0.1, 0.15) is 5.75 Å². The van der Waals surface area contributed by atoms with Gasteiger partial charge < -0.3 is 14.8 Å². The number of rotatable bonds is 6. The number of morpholine rings is 1. The summed E-state index contributed by atoms with van der Waals surface area (Å²) in [5.41, 5.74) is 2.42. The summed E-state index contributed by atoms with van der Waals surface area (Å²) in [5, 5.41) is 3.50. The van der Waals surface area contributed by atoms with Crippen LogP contribution >= 0.6 is 0 Å². The lowest BCUT2D eigenvalue weighted by Gasteiger charge is -2.26. The van der Waals surface area contributed by atoms with E-state index < -0.39 is 0 Å². The van der Waals surface area contributed by atoms with Crippen LogP contribution in [0.5, 0.6) is 5.75 Å². The molecule has 112 valence electrons. The van der Waals surface area contributed by atoms with Gasteiger partial charge in [0.15, 0.2) is 0 Å². The molecule has 0 spiro atoms. The van der Waals surface area contributed by atoms with Crippen LogP contribution in [0, 0.1) is 0 Å². The van der Waals surface area contributed by atoms with E-state index in [2.05, 4.69) is 36.2 Å². The average Bonchev–Trinajstić information content (AvgIpc) is 2.48. The van der Waals surface area contributed by atoms with Gasteiger partial charge in [-0.3, -0.25) is 4.90 Å². The average molecular weight is 278 g/mol. The van der Waals surface area contributed by atoms with E-state index in [0.29, 0.717) is 5.92 Å². The van der Waals surface area contributed by atoms with E-state index in [1.54, 1.807) is 7.11 Å². The van der Waals surface area contributed by atoms with E-state index in [-0.39, 0.29) is 0 Å². The smallest absolute Gasteiger partial charge is 0.141 e. The highest BCUT2D eigenvalue weighted by Gasteiger charge is 2.10. The maximum absolute atomic E-state index is 5.43. The van der Waals surface area contributed by atoms with Crippen LogP contribution in [0.15, 0.2) is 18.2 Å². The first-order chi connectivity index (χ1) is 9.70. The van der Waals surface area contributed by atoms with Crippen LogP contribution < -0.4 is 10.1 Å². The van der Waals surface area contributed by atoms with Gasteiger partial charge >= 0.3 is 0 Å². The molecule has 0 saturated carbocycles. The first kappa shape index (κ1) is 15.1. The predicted octanol–water partition coefficient (Wildman–Crippen LogP) is 2.56. The van der Waals surface area contributed by atoms with Crippen molar-refractivity contribution in [3.63, 3.8) is 0 Å². The predicted molar refractivity (Wildman–Crippen MR) is 82.8 cm³/mol. The molecule has 1 aliphatic rings. The van der Waals surface area contributed by atoms with Gasteiger partial charge in [0.25, 0.3) is 0 Å². The Hall–Kier alpha value is -1.26. The molecule has 0 atom stereocenters. The van der Waals surface area contributed by atoms with Crippen molar-refractivity contribution in [2.75, 3.05) is 51.8 Å². The number of hydrogen-bond acceptors (Lipinski definition) is 4. The summed E-state index contributed by atoms with van der Waals surface area (Å²) in [6, 6.07) is 6.38. The van der Waals surface area contributed by atoms with Crippen LogP contribution in [0.2, 0.25) is 0 Å². The number of anilines is 1. The summed E-state index contributed by atoms with van der Waals surface area (Å²) in [5.74, 6) is 1.44. The molecule has 1 saturated heterocycles. The lowest BCUT2D eigenvalue weighted by atomic mass is 10.0. The largest absolute Gasteiger partial charge is 0.495 e. The molecule has 1 aromatic carbocycles. The minimum absolute atomic E-state index is 0.528. The van der Waals surface area contributed by atoms with Gasteiger partial charge in [-0.2, -0.15) is 0 Å². The normalized spacial score (nSPS) is 16.4. The van der Waals surface area contributed by atoms with Crippen LogP contribution in [0.4, 0.5) is 5.69 Å². The topological polar surface area (TPSA) is 33.7 Å². The highest BCUT2D eigenvalue weighted by Crippen LogP contribution is 2.28. The van der Waals surface area contributed by atoms with Gasteiger partial charge in [-0.15, -0.1) is 0 Å². The number of nitrogens with one attached hydrogen (secondary N) is 1. The highest BCUT2D eigenvalue weighted by atomic mass is 16.5. The zero-order chi connectivity index (χ0) is 14.4. The van der Waals surface area contributed by atoms with E-state index in [0.717, 1.165) is 50.8 Å². The molecule has 0 bridgehead atoms. The second-order valence-corrected chi connectivity index (χ2v) is 5.50. The van der Waals surface area contributed by atoms with Crippen molar-refractivity contribution in [2.45, 2.75) is 19.8 Å². The number of ether oxygens (including phenoxy) is 2. The van der Waals surface area contributed by atoms with E-state index in [4.69, 9.17) is 9.47 Å². The van der Waals surface area contributed by atoms with Crippen LogP contribution in [-0.2, 0) is 4.74 Å². The Morgan fingerprint density at radius 3 is 2.70 bits per heavy atom. The first-order valence-corrected chi connectivity index (χ1v) is 7.42. The Labute approximate surface area is 122 Å². The van der Waals surface area contributed by atoms with E-state index in [9.17, 15) is 0 Å². The Morgan fingerprint density at radius 2 is 2.05 bits per heavy atom. The zero-order valence-electron chi connectivity index (χ0n) is 12.8. The third kappa shape index (κ3) is 4.12. The summed E-state index contributed by atoms with van der Waals surface area (Å²) in [7, 11) is 1.72. The fraction of sp³-hybridized carbons (Fsp3) is 0.625. The molecule has 2 rings (SSSR count). The summed E-state index contributed by atoms with van der Waals surface area (Å²) >= 11 is 0. The Kier molecular flexibility index (Phi) is 5.68. The maximum Gasteiger partial charge on any atom is 0.141 e. The number of nitrogens with zero attached hydrogens (tertiary/aromatic N) is 1. The van der Waals surface area contributed by atoms with E-state index in [1.807, 2.05) is 6.07 Å². The first-order valence-electron chi connectivity index (χ1n) is 7.42. The maximum atomic E-state index is 5.43. The Balaban J connectivity index is 1.91. The number of methoxy groups -OCH3 is 1. The molecule has 0 radical (unpaired) electrons. The molecule has 0 aliphatic carbocycles. The van der Waals surface area contributed by atoms with Crippen molar-refractivity contribution in [3.8, 4) is 5.75 Å². The van der Waals surface area contributed by atoms with Gasteiger partial charge in [0.05, 0.1) is 26.0 Å². The molecule has 1 N–H and O–H groups in total. The van der Waals surface area contributed by atoms with Crippen molar-refractivity contribution < 1.29 is 9.47 Å². The second-order valence-electron chi connectivity index (χ2n) is 5.50. The van der Waals surface area contributed by atoms with E-state index in [1.165, 1.54) is 5.56 Å². The summed E-state index contributed by atoms with van der Waals surface area (Å²) in [6.07, 6.45) is 0. The standard InChI is InChI=1S/C16H26N2O2/c1-13(2)14-4-5-16(19-3)15(12-14)17-6-7-18-8-10-20-11-9-18/h4-5,12-13,17H,6-11H2,1-3H3. The fourth-order valence-corrected chi connectivity index (χ4v) is 2.40. The van der Waals surface area contributed by atoms with Crippen molar-refractivity contribution >= 4 is 5.69 Å². The van der Waals surface area contributed by atoms with Crippen LogP contribution in [0.25, 0.3) is 0 Å². The van der Waals surface area contributed by atoms with Crippen molar-refractivity contribution in [1.29, 1.82) is 0 Å². The lowest BCUT2D eigenvalue weighted by Crippen LogP contribution is -2.39. The number of benzene rings is 1. The SMILES string of the molecule is COc1ccc(C(C)C)cc1NCCN1CCOCC1. The monoisotopic (exact) mass is 278 g/mol. The van der Waals surface area contributed by atoms with E-state index >= 15 is 0 Å². The summed E-state index contributed by atoms with van der Waals surface area (Å²) in [6.45, 7) is 10.2. The molecule has 1 aromatic rings. The third-order valence-corrected chi connectivity index (χ3v) is 3.74. The molecule has 1 fully saturated rings. The molecular weight excluding hydrogens is 252 g/mol. The molecule has 0 amide bonds. The molecule has 0 aromatic heterocycles. The molecule has 4 heteroatoms. The quantitative estimate of drug-likeness (QED) is 0.867. The van der Waals surface area contributed by atoms with Gasteiger partial charge in [0, 0.05) is 26.2 Å². The second kappa shape index (κ2) is 7.50. The van der Waals surface area contributed by atoms with Crippen molar-refractivity contribution in [1.82, 2.24) is 4.90 Å².